The van der Waals surface area contributed by atoms with Gasteiger partial charge in [-0.15, -0.1) is 0 Å². The minimum Gasteiger partial charge on any atom is -0.382 e. The molecule has 1 aromatic carbocycles. The van der Waals surface area contributed by atoms with Crippen LogP contribution in [0.2, 0.25) is 0 Å². The SMILES string of the molecule is CCOCCCNC(N)=NCC1(C)CCCc2ccccc21. The molecule has 0 aliphatic heterocycles. The summed E-state index contributed by atoms with van der Waals surface area (Å²) in [6.45, 7) is 7.39. The van der Waals surface area contributed by atoms with E-state index in [1.165, 1.54) is 30.4 Å². The van der Waals surface area contributed by atoms with Gasteiger partial charge in [0.1, 0.15) is 0 Å². The summed E-state index contributed by atoms with van der Waals surface area (Å²) in [5, 5.41) is 3.17. The van der Waals surface area contributed by atoms with Crippen LogP contribution in [0.15, 0.2) is 29.3 Å². The summed E-state index contributed by atoms with van der Waals surface area (Å²) in [7, 11) is 0. The lowest BCUT2D eigenvalue weighted by molar-refractivity contribution is 0.145. The maximum absolute atomic E-state index is 5.98. The Morgan fingerprint density at radius 2 is 2.23 bits per heavy atom. The summed E-state index contributed by atoms with van der Waals surface area (Å²) in [6.07, 6.45) is 4.53. The van der Waals surface area contributed by atoms with E-state index >= 15 is 0 Å². The number of aryl methyl sites for hydroxylation is 1. The number of nitrogens with zero attached hydrogens (tertiary/aromatic N) is 1. The molecule has 0 heterocycles. The van der Waals surface area contributed by atoms with Gasteiger partial charge in [0.05, 0.1) is 6.54 Å². The van der Waals surface area contributed by atoms with Gasteiger partial charge in [-0.2, -0.15) is 0 Å². The minimum absolute atomic E-state index is 0.104. The number of hydrogen-bond donors (Lipinski definition) is 2. The number of benzene rings is 1. The molecule has 2 rings (SSSR count). The Morgan fingerprint density at radius 1 is 1.41 bits per heavy atom. The van der Waals surface area contributed by atoms with Crippen molar-refractivity contribution in [1.29, 1.82) is 0 Å². The van der Waals surface area contributed by atoms with E-state index in [2.05, 4.69) is 41.5 Å². The van der Waals surface area contributed by atoms with E-state index in [1.54, 1.807) is 0 Å². The third-order valence-electron chi connectivity index (χ3n) is 4.42. The Hall–Kier alpha value is -1.55. The smallest absolute Gasteiger partial charge is 0.188 e. The summed E-state index contributed by atoms with van der Waals surface area (Å²) in [4.78, 5) is 4.58. The molecular weight excluding hydrogens is 274 g/mol. The molecular formula is C18H29N3O. The van der Waals surface area contributed by atoms with E-state index in [4.69, 9.17) is 10.5 Å². The number of guanidine groups is 1. The maximum atomic E-state index is 5.98. The van der Waals surface area contributed by atoms with E-state index in [9.17, 15) is 0 Å². The molecule has 4 nitrogen and oxygen atoms in total. The zero-order valence-electron chi connectivity index (χ0n) is 13.9. The lowest BCUT2D eigenvalue weighted by Gasteiger charge is -2.34. The largest absolute Gasteiger partial charge is 0.382 e. The van der Waals surface area contributed by atoms with E-state index in [1.807, 2.05) is 6.92 Å². The molecule has 4 heteroatoms. The van der Waals surface area contributed by atoms with Crippen LogP contribution >= 0.6 is 0 Å². The Balaban J connectivity index is 1.89. The van der Waals surface area contributed by atoms with Gasteiger partial charge in [-0.1, -0.05) is 31.2 Å². The second-order valence-corrected chi connectivity index (χ2v) is 6.25. The zero-order valence-corrected chi connectivity index (χ0v) is 13.9. The number of fused-ring (bicyclic) bond motifs is 1. The Kier molecular flexibility index (Phi) is 6.25. The van der Waals surface area contributed by atoms with Crippen molar-refractivity contribution < 1.29 is 4.74 Å². The van der Waals surface area contributed by atoms with Gasteiger partial charge in [-0.3, -0.25) is 4.99 Å². The van der Waals surface area contributed by atoms with Crippen LogP contribution < -0.4 is 11.1 Å². The first-order valence-electron chi connectivity index (χ1n) is 8.35. The lowest BCUT2D eigenvalue weighted by Crippen LogP contribution is -2.36. The third-order valence-corrected chi connectivity index (χ3v) is 4.42. The van der Waals surface area contributed by atoms with Crippen LogP contribution in [0.3, 0.4) is 0 Å². The first kappa shape index (κ1) is 16.8. The van der Waals surface area contributed by atoms with E-state index < -0.39 is 0 Å². The molecule has 122 valence electrons. The Morgan fingerprint density at radius 3 is 3.05 bits per heavy atom. The second-order valence-electron chi connectivity index (χ2n) is 6.25. The van der Waals surface area contributed by atoms with Crippen LogP contribution in [-0.4, -0.2) is 32.3 Å². The molecule has 22 heavy (non-hydrogen) atoms. The molecule has 1 aromatic rings. The summed E-state index contributed by atoms with van der Waals surface area (Å²) in [5.41, 5.74) is 8.99. The average molecular weight is 303 g/mol. The Labute approximate surface area is 134 Å². The molecule has 0 radical (unpaired) electrons. The molecule has 0 bridgehead atoms. The number of nitrogens with one attached hydrogen (secondary N) is 1. The highest BCUT2D eigenvalue weighted by Gasteiger charge is 2.31. The van der Waals surface area contributed by atoms with Gasteiger partial charge >= 0.3 is 0 Å². The molecule has 0 amide bonds. The quantitative estimate of drug-likeness (QED) is 0.462. The van der Waals surface area contributed by atoms with Crippen LogP contribution in [0.25, 0.3) is 0 Å². The number of hydrogen-bond acceptors (Lipinski definition) is 2. The van der Waals surface area contributed by atoms with Crippen molar-refractivity contribution in [3.8, 4) is 0 Å². The third kappa shape index (κ3) is 4.47. The highest BCUT2D eigenvalue weighted by molar-refractivity contribution is 5.77. The average Bonchev–Trinajstić information content (AvgIpc) is 2.53. The molecule has 0 saturated carbocycles. The van der Waals surface area contributed by atoms with Crippen molar-refractivity contribution in [2.24, 2.45) is 10.7 Å². The lowest BCUT2D eigenvalue weighted by atomic mass is 9.71. The molecule has 1 atom stereocenters. The van der Waals surface area contributed by atoms with E-state index in [0.29, 0.717) is 5.96 Å². The van der Waals surface area contributed by atoms with E-state index in [-0.39, 0.29) is 5.41 Å². The normalized spacial score (nSPS) is 21.5. The highest BCUT2D eigenvalue weighted by Crippen LogP contribution is 2.37. The zero-order chi connectivity index (χ0) is 15.8. The molecule has 0 aromatic heterocycles. The fourth-order valence-corrected chi connectivity index (χ4v) is 3.15. The van der Waals surface area contributed by atoms with Crippen molar-refractivity contribution >= 4 is 5.96 Å². The highest BCUT2D eigenvalue weighted by atomic mass is 16.5. The van der Waals surface area contributed by atoms with Gasteiger partial charge < -0.3 is 15.8 Å². The van der Waals surface area contributed by atoms with Gasteiger partial charge in [0, 0.05) is 25.2 Å². The second kappa shape index (κ2) is 8.18. The predicted octanol–water partition coefficient (Wildman–Crippen LogP) is 2.61. The van der Waals surface area contributed by atoms with Crippen molar-refractivity contribution in [2.45, 2.75) is 44.9 Å². The summed E-state index contributed by atoms with van der Waals surface area (Å²) >= 11 is 0. The van der Waals surface area contributed by atoms with Gasteiger partial charge in [-0.25, -0.2) is 0 Å². The Bertz CT molecular complexity index is 501. The predicted molar refractivity (Wildman–Crippen MR) is 92.3 cm³/mol. The number of rotatable bonds is 7. The molecule has 1 aliphatic rings. The van der Waals surface area contributed by atoms with Crippen molar-refractivity contribution in [1.82, 2.24) is 5.32 Å². The van der Waals surface area contributed by atoms with Gasteiger partial charge in [0.2, 0.25) is 0 Å². The number of ether oxygens (including phenoxy) is 1. The molecule has 0 fully saturated rings. The standard InChI is InChI=1S/C18H29N3O/c1-3-22-13-7-12-20-17(19)21-14-18(2)11-6-9-15-8-4-5-10-16(15)18/h4-5,8,10H,3,6-7,9,11-14H2,1-2H3,(H3,19,20,21). The van der Waals surface area contributed by atoms with E-state index in [0.717, 1.165) is 32.7 Å². The van der Waals surface area contributed by atoms with Crippen LogP contribution in [0, 0.1) is 0 Å². The molecule has 1 unspecified atom stereocenters. The maximum Gasteiger partial charge on any atom is 0.188 e. The molecule has 3 N–H and O–H groups in total. The van der Waals surface area contributed by atoms with Crippen molar-refractivity contribution in [2.75, 3.05) is 26.3 Å². The summed E-state index contributed by atoms with van der Waals surface area (Å²) < 4.78 is 5.30. The van der Waals surface area contributed by atoms with Crippen LogP contribution in [0.1, 0.15) is 44.2 Å². The van der Waals surface area contributed by atoms with Crippen LogP contribution in [-0.2, 0) is 16.6 Å². The molecule has 0 saturated heterocycles. The fourth-order valence-electron chi connectivity index (χ4n) is 3.15. The first-order chi connectivity index (χ1) is 10.7. The monoisotopic (exact) mass is 303 g/mol. The molecule has 1 aliphatic carbocycles. The summed E-state index contributed by atoms with van der Waals surface area (Å²) in [5.74, 6) is 0.542. The first-order valence-corrected chi connectivity index (χ1v) is 8.35. The molecule has 0 spiro atoms. The number of aliphatic imine (C=N–C) groups is 1. The minimum atomic E-state index is 0.104. The number of nitrogens with two attached hydrogens (primary N) is 1. The van der Waals surface area contributed by atoms with Crippen molar-refractivity contribution in [3.63, 3.8) is 0 Å². The van der Waals surface area contributed by atoms with Gasteiger partial charge in [0.25, 0.3) is 0 Å². The summed E-state index contributed by atoms with van der Waals surface area (Å²) in [6, 6.07) is 8.74. The van der Waals surface area contributed by atoms with Crippen LogP contribution in [0.5, 0.6) is 0 Å². The van der Waals surface area contributed by atoms with Gasteiger partial charge in [0.15, 0.2) is 5.96 Å². The van der Waals surface area contributed by atoms with Crippen LogP contribution in [0.4, 0.5) is 0 Å². The fraction of sp³-hybridized carbons (Fsp3) is 0.611. The topological polar surface area (TPSA) is 59.6 Å². The van der Waals surface area contributed by atoms with Gasteiger partial charge in [-0.05, 0) is 43.7 Å². The van der Waals surface area contributed by atoms with Crippen molar-refractivity contribution in [3.05, 3.63) is 35.4 Å².